The topological polar surface area (TPSA) is 63.7 Å². The molecular weight excluding hydrogens is 294 g/mol. The summed E-state index contributed by atoms with van der Waals surface area (Å²) in [6.45, 7) is 8.52. The van der Waals surface area contributed by atoms with Crippen molar-refractivity contribution in [3.63, 3.8) is 0 Å². The molecule has 6 heteroatoms. The van der Waals surface area contributed by atoms with E-state index in [1.807, 2.05) is 34.9 Å². The van der Waals surface area contributed by atoms with Crippen molar-refractivity contribution in [3.05, 3.63) is 23.9 Å². The van der Waals surface area contributed by atoms with Crippen LogP contribution in [0.4, 0.5) is 0 Å². The first kappa shape index (κ1) is 19.4. The van der Waals surface area contributed by atoms with Gasteiger partial charge in [0.25, 0.3) is 5.91 Å². The van der Waals surface area contributed by atoms with E-state index in [1.54, 1.807) is 12.1 Å². The first-order valence-electron chi connectivity index (χ1n) is 7.94. The highest BCUT2D eigenvalue weighted by Crippen LogP contribution is 2.09. The number of nitrogens with one attached hydrogen (secondary N) is 1. The van der Waals surface area contributed by atoms with Crippen molar-refractivity contribution in [1.82, 2.24) is 15.2 Å². The van der Waals surface area contributed by atoms with Gasteiger partial charge in [-0.25, -0.2) is 4.98 Å². The SMILES string of the molecule is CN(C)CCCNC(=O)c1ccc(OCCOC(C)(C)C)nc1. The third kappa shape index (κ3) is 9.15. The van der Waals surface area contributed by atoms with Crippen molar-refractivity contribution in [1.29, 1.82) is 0 Å². The number of hydrogen-bond acceptors (Lipinski definition) is 5. The van der Waals surface area contributed by atoms with E-state index in [0.717, 1.165) is 13.0 Å². The summed E-state index contributed by atoms with van der Waals surface area (Å²) in [5.41, 5.74) is 0.360. The predicted molar refractivity (Wildman–Crippen MR) is 90.9 cm³/mol. The van der Waals surface area contributed by atoms with Gasteiger partial charge >= 0.3 is 0 Å². The van der Waals surface area contributed by atoms with Crippen LogP contribution in [0, 0.1) is 0 Å². The first-order chi connectivity index (χ1) is 10.8. The molecule has 1 aromatic rings. The number of hydrogen-bond donors (Lipinski definition) is 1. The second kappa shape index (κ2) is 9.47. The fourth-order valence-corrected chi connectivity index (χ4v) is 1.79. The van der Waals surface area contributed by atoms with E-state index in [4.69, 9.17) is 9.47 Å². The van der Waals surface area contributed by atoms with E-state index in [-0.39, 0.29) is 11.5 Å². The largest absolute Gasteiger partial charge is 0.475 e. The average Bonchev–Trinajstić information content (AvgIpc) is 2.47. The van der Waals surface area contributed by atoms with Gasteiger partial charge in [0.1, 0.15) is 6.61 Å². The van der Waals surface area contributed by atoms with E-state index in [0.29, 0.717) is 31.2 Å². The van der Waals surface area contributed by atoms with E-state index in [2.05, 4.69) is 15.2 Å². The molecule has 130 valence electrons. The summed E-state index contributed by atoms with van der Waals surface area (Å²) in [6, 6.07) is 3.42. The lowest BCUT2D eigenvalue weighted by Gasteiger charge is -2.19. The lowest BCUT2D eigenvalue weighted by Crippen LogP contribution is -2.27. The Morgan fingerprint density at radius 3 is 2.57 bits per heavy atom. The van der Waals surface area contributed by atoms with Crippen molar-refractivity contribution in [2.75, 3.05) is 40.4 Å². The fourth-order valence-electron chi connectivity index (χ4n) is 1.79. The molecule has 1 aromatic heterocycles. The highest BCUT2D eigenvalue weighted by Gasteiger charge is 2.10. The van der Waals surface area contributed by atoms with Gasteiger partial charge in [0, 0.05) is 18.8 Å². The van der Waals surface area contributed by atoms with Crippen LogP contribution in [0.25, 0.3) is 0 Å². The summed E-state index contributed by atoms with van der Waals surface area (Å²) in [5.74, 6) is 0.380. The van der Waals surface area contributed by atoms with E-state index in [9.17, 15) is 4.79 Å². The van der Waals surface area contributed by atoms with Crippen LogP contribution in [0.3, 0.4) is 0 Å². The zero-order chi connectivity index (χ0) is 17.3. The minimum absolute atomic E-state index is 0.112. The Bertz CT molecular complexity index is 467. The highest BCUT2D eigenvalue weighted by molar-refractivity contribution is 5.93. The van der Waals surface area contributed by atoms with Crippen molar-refractivity contribution in [2.45, 2.75) is 32.8 Å². The van der Waals surface area contributed by atoms with Crippen molar-refractivity contribution < 1.29 is 14.3 Å². The standard InChI is InChI=1S/C17H29N3O3/c1-17(2,3)23-12-11-22-15-8-7-14(13-19-15)16(21)18-9-6-10-20(4)5/h7-8,13H,6,9-12H2,1-5H3,(H,18,21). The lowest BCUT2D eigenvalue weighted by atomic mass is 10.2. The Balaban J connectivity index is 2.30. The molecule has 0 aromatic carbocycles. The second-order valence-electron chi connectivity index (χ2n) is 6.61. The summed E-state index contributed by atoms with van der Waals surface area (Å²) >= 11 is 0. The van der Waals surface area contributed by atoms with Crippen LogP contribution >= 0.6 is 0 Å². The molecule has 0 unspecified atom stereocenters. The summed E-state index contributed by atoms with van der Waals surface area (Å²) in [7, 11) is 4.02. The quantitative estimate of drug-likeness (QED) is 0.704. The van der Waals surface area contributed by atoms with E-state index >= 15 is 0 Å². The van der Waals surface area contributed by atoms with Crippen LogP contribution < -0.4 is 10.1 Å². The van der Waals surface area contributed by atoms with Crippen LogP contribution in [-0.4, -0.2) is 61.8 Å². The van der Waals surface area contributed by atoms with Gasteiger partial charge in [-0.2, -0.15) is 0 Å². The molecule has 0 aliphatic carbocycles. The van der Waals surface area contributed by atoms with Crippen molar-refractivity contribution in [2.24, 2.45) is 0 Å². The molecule has 1 heterocycles. The van der Waals surface area contributed by atoms with Crippen LogP contribution in [0.2, 0.25) is 0 Å². The first-order valence-corrected chi connectivity index (χ1v) is 7.94. The maximum atomic E-state index is 11.9. The van der Waals surface area contributed by atoms with E-state index in [1.165, 1.54) is 6.20 Å². The third-order valence-corrected chi connectivity index (χ3v) is 2.93. The van der Waals surface area contributed by atoms with Crippen molar-refractivity contribution >= 4 is 5.91 Å². The number of amides is 1. The molecular formula is C17H29N3O3. The van der Waals surface area contributed by atoms with Gasteiger partial charge in [0.2, 0.25) is 5.88 Å². The van der Waals surface area contributed by atoms with Gasteiger partial charge in [-0.3, -0.25) is 4.79 Å². The maximum Gasteiger partial charge on any atom is 0.252 e. The minimum Gasteiger partial charge on any atom is -0.475 e. The normalized spacial score (nSPS) is 11.6. The van der Waals surface area contributed by atoms with Crippen molar-refractivity contribution in [3.8, 4) is 5.88 Å². The zero-order valence-corrected chi connectivity index (χ0v) is 14.9. The number of nitrogens with zero attached hydrogens (tertiary/aromatic N) is 2. The van der Waals surface area contributed by atoms with E-state index < -0.39 is 0 Å². The molecule has 0 aliphatic heterocycles. The molecule has 0 saturated heterocycles. The number of aromatic nitrogens is 1. The molecule has 1 rings (SSSR count). The van der Waals surface area contributed by atoms with Crippen LogP contribution in [-0.2, 0) is 4.74 Å². The zero-order valence-electron chi connectivity index (χ0n) is 14.9. The molecule has 0 aliphatic rings. The highest BCUT2D eigenvalue weighted by atomic mass is 16.5. The van der Waals surface area contributed by atoms with Gasteiger partial charge in [0.05, 0.1) is 17.8 Å². The second-order valence-corrected chi connectivity index (χ2v) is 6.61. The van der Waals surface area contributed by atoms with Gasteiger partial charge in [-0.15, -0.1) is 0 Å². The predicted octanol–water partition coefficient (Wildman–Crippen LogP) is 1.96. The third-order valence-electron chi connectivity index (χ3n) is 2.93. The Kier molecular flexibility index (Phi) is 7.98. The molecule has 6 nitrogen and oxygen atoms in total. The summed E-state index contributed by atoms with van der Waals surface area (Å²) < 4.78 is 11.1. The van der Waals surface area contributed by atoms with Gasteiger partial charge in [-0.1, -0.05) is 0 Å². The Labute approximate surface area is 139 Å². The summed E-state index contributed by atoms with van der Waals surface area (Å²) in [6.07, 6.45) is 2.45. The molecule has 0 spiro atoms. The summed E-state index contributed by atoms with van der Waals surface area (Å²) in [5, 5.41) is 2.88. The molecule has 0 saturated carbocycles. The van der Waals surface area contributed by atoms with Crippen LogP contribution in [0.5, 0.6) is 5.88 Å². The summed E-state index contributed by atoms with van der Waals surface area (Å²) in [4.78, 5) is 18.2. The smallest absolute Gasteiger partial charge is 0.252 e. The minimum atomic E-state index is -0.175. The average molecular weight is 323 g/mol. The molecule has 23 heavy (non-hydrogen) atoms. The molecule has 1 amide bonds. The molecule has 0 bridgehead atoms. The maximum absolute atomic E-state index is 11.9. The number of carbonyl (C=O) groups excluding carboxylic acids is 1. The number of ether oxygens (including phenoxy) is 2. The molecule has 0 fully saturated rings. The number of pyridine rings is 1. The monoisotopic (exact) mass is 323 g/mol. The van der Waals surface area contributed by atoms with Gasteiger partial charge < -0.3 is 19.7 Å². The molecule has 0 atom stereocenters. The van der Waals surface area contributed by atoms with Gasteiger partial charge in [0.15, 0.2) is 0 Å². The fraction of sp³-hybridized carbons (Fsp3) is 0.647. The van der Waals surface area contributed by atoms with Crippen LogP contribution in [0.15, 0.2) is 18.3 Å². The Morgan fingerprint density at radius 2 is 2.00 bits per heavy atom. The molecule has 1 N–H and O–H groups in total. The molecule has 0 radical (unpaired) electrons. The Morgan fingerprint density at radius 1 is 1.26 bits per heavy atom. The lowest BCUT2D eigenvalue weighted by molar-refractivity contribution is -0.0168. The Hall–Kier alpha value is -1.66. The van der Waals surface area contributed by atoms with Gasteiger partial charge in [-0.05, 0) is 53.9 Å². The number of rotatable bonds is 9. The van der Waals surface area contributed by atoms with Crippen LogP contribution in [0.1, 0.15) is 37.6 Å². The number of carbonyl (C=O) groups is 1.